The van der Waals surface area contributed by atoms with Crippen LogP contribution in [0.4, 0.5) is 11.4 Å². The van der Waals surface area contributed by atoms with Crippen molar-refractivity contribution in [2.24, 2.45) is 0 Å². The number of carbonyl (C=O) groups is 2. The molecule has 3 aromatic rings. The molecule has 3 rings (SSSR count). The van der Waals surface area contributed by atoms with Crippen molar-refractivity contribution in [1.82, 2.24) is 20.2 Å². The second-order valence-corrected chi connectivity index (χ2v) is 6.43. The van der Waals surface area contributed by atoms with Crippen molar-refractivity contribution in [1.29, 1.82) is 0 Å². The lowest BCUT2D eigenvalue weighted by molar-refractivity contribution is -0.384. The van der Waals surface area contributed by atoms with Crippen molar-refractivity contribution in [2.45, 2.75) is 13.8 Å². The average molecular weight is 422 g/mol. The number of tetrazole rings is 1. The second kappa shape index (κ2) is 9.39. The standard InChI is InChI=1S/C20H18N6O5/c1-13-7-6-10-16(26(29)30)19(13)21-18(27)12-31-20(28)17(25-14(2)22-23-24-25)11-15-8-4-3-5-9-15/h3-11H,12H2,1-2H3,(H,21,27)/b17-11-. The van der Waals surface area contributed by atoms with Crippen molar-refractivity contribution < 1.29 is 19.2 Å². The highest BCUT2D eigenvalue weighted by Crippen LogP contribution is 2.27. The highest BCUT2D eigenvalue weighted by molar-refractivity contribution is 6.15. The number of ether oxygens (including phenoxy) is 1. The number of anilines is 1. The van der Waals surface area contributed by atoms with Crippen molar-refractivity contribution in [2.75, 3.05) is 11.9 Å². The van der Waals surface area contributed by atoms with Crippen molar-refractivity contribution in [3.8, 4) is 0 Å². The summed E-state index contributed by atoms with van der Waals surface area (Å²) in [6, 6.07) is 13.4. The Balaban J connectivity index is 1.76. The normalized spacial score (nSPS) is 11.1. The topological polar surface area (TPSA) is 142 Å². The fourth-order valence-corrected chi connectivity index (χ4v) is 2.72. The summed E-state index contributed by atoms with van der Waals surface area (Å²) in [5.74, 6) is -1.22. The van der Waals surface area contributed by atoms with E-state index in [0.717, 1.165) is 0 Å². The number of nitro benzene ring substituents is 1. The maximum Gasteiger partial charge on any atom is 0.357 e. The monoisotopic (exact) mass is 422 g/mol. The molecule has 0 aliphatic carbocycles. The molecule has 1 aromatic heterocycles. The molecule has 11 nitrogen and oxygen atoms in total. The van der Waals surface area contributed by atoms with Crippen LogP contribution in [-0.4, -0.2) is 43.6 Å². The molecule has 0 bridgehead atoms. The van der Waals surface area contributed by atoms with Crippen LogP contribution in [0.25, 0.3) is 11.8 Å². The van der Waals surface area contributed by atoms with Gasteiger partial charge in [-0.05, 0) is 41.5 Å². The first-order chi connectivity index (χ1) is 14.9. The summed E-state index contributed by atoms with van der Waals surface area (Å²) in [4.78, 5) is 35.6. The Morgan fingerprint density at radius 1 is 1.16 bits per heavy atom. The smallest absolute Gasteiger partial charge is 0.357 e. The Morgan fingerprint density at radius 2 is 1.90 bits per heavy atom. The molecule has 1 N–H and O–H groups in total. The van der Waals surface area contributed by atoms with E-state index in [2.05, 4.69) is 20.8 Å². The van der Waals surface area contributed by atoms with Gasteiger partial charge in [0.25, 0.3) is 11.6 Å². The lowest BCUT2D eigenvalue weighted by Crippen LogP contribution is -2.23. The molecule has 0 saturated carbocycles. The summed E-state index contributed by atoms with van der Waals surface area (Å²) in [6.45, 7) is 2.57. The fourth-order valence-electron chi connectivity index (χ4n) is 2.72. The van der Waals surface area contributed by atoms with Gasteiger partial charge in [-0.3, -0.25) is 14.9 Å². The molecule has 158 valence electrons. The first-order valence-corrected chi connectivity index (χ1v) is 9.10. The van der Waals surface area contributed by atoms with Gasteiger partial charge in [-0.15, -0.1) is 5.10 Å². The van der Waals surface area contributed by atoms with Crippen LogP contribution in [0, 0.1) is 24.0 Å². The van der Waals surface area contributed by atoms with Gasteiger partial charge in [-0.25, -0.2) is 4.79 Å². The highest BCUT2D eigenvalue weighted by Gasteiger charge is 2.21. The predicted octanol–water partition coefficient (Wildman–Crippen LogP) is 2.38. The first kappa shape index (κ1) is 21.3. The van der Waals surface area contributed by atoms with Gasteiger partial charge in [-0.1, -0.05) is 42.5 Å². The minimum atomic E-state index is -0.839. The molecule has 0 saturated heterocycles. The number of aryl methyl sites for hydroxylation is 2. The van der Waals surface area contributed by atoms with Gasteiger partial charge in [-0.2, -0.15) is 4.68 Å². The molecule has 0 aliphatic heterocycles. The van der Waals surface area contributed by atoms with E-state index in [9.17, 15) is 19.7 Å². The molecule has 31 heavy (non-hydrogen) atoms. The van der Waals surface area contributed by atoms with Crippen LogP contribution in [0.5, 0.6) is 0 Å². The number of carbonyl (C=O) groups excluding carboxylic acids is 2. The minimum Gasteiger partial charge on any atom is -0.451 e. The number of nitrogens with one attached hydrogen (secondary N) is 1. The van der Waals surface area contributed by atoms with Crippen molar-refractivity contribution in [3.63, 3.8) is 0 Å². The number of hydrogen-bond donors (Lipinski definition) is 1. The summed E-state index contributed by atoms with van der Waals surface area (Å²) in [5.41, 5.74) is 0.995. The number of nitrogens with zero attached hydrogens (tertiary/aromatic N) is 5. The maximum atomic E-state index is 12.7. The van der Waals surface area contributed by atoms with Crippen molar-refractivity contribution in [3.05, 3.63) is 75.6 Å². The maximum absolute atomic E-state index is 12.7. The molecule has 0 radical (unpaired) electrons. The second-order valence-electron chi connectivity index (χ2n) is 6.43. The zero-order valence-electron chi connectivity index (χ0n) is 16.7. The third-order valence-corrected chi connectivity index (χ3v) is 4.21. The molecule has 1 heterocycles. The molecule has 1 amide bonds. The number of rotatable bonds is 7. The number of para-hydroxylation sites is 1. The van der Waals surface area contributed by atoms with E-state index in [1.54, 1.807) is 44.2 Å². The van der Waals surface area contributed by atoms with Crippen LogP contribution in [0.2, 0.25) is 0 Å². The molecular weight excluding hydrogens is 404 g/mol. The summed E-state index contributed by atoms with van der Waals surface area (Å²) >= 11 is 0. The average Bonchev–Trinajstić information content (AvgIpc) is 3.17. The Hall–Kier alpha value is -4.41. The Kier molecular flexibility index (Phi) is 6.45. The third-order valence-electron chi connectivity index (χ3n) is 4.21. The van der Waals surface area contributed by atoms with Gasteiger partial charge in [0.1, 0.15) is 5.69 Å². The summed E-state index contributed by atoms with van der Waals surface area (Å²) < 4.78 is 6.32. The number of benzene rings is 2. The SMILES string of the molecule is Cc1cccc([N+](=O)[O-])c1NC(=O)COC(=O)/C(=C/c1ccccc1)n1nnnc1C. The van der Waals surface area contributed by atoms with E-state index in [-0.39, 0.29) is 17.1 Å². The zero-order valence-corrected chi connectivity index (χ0v) is 16.7. The lowest BCUT2D eigenvalue weighted by atomic mass is 10.1. The summed E-state index contributed by atoms with van der Waals surface area (Å²) in [5, 5.41) is 24.7. The molecular formula is C20H18N6O5. The number of esters is 1. The van der Waals surface area contributed by atoms with Gasteiger partial charge in [0.05, 0.1) is 4.92 Å². The molecule has 2 aromatic carbocycles. The van der Waals surface area contributed by atoms with Gasteiger partial charge < -0.3 is 10.1 Å². The predicted molar refractivity (Wildman–Crippen MR) is 111 cm³/mol. The Bertz CT molecular complexity index is 1160. The number of aromatic nitrogens is 4. The fraction of sp³-hybridized carbons (Fsp3) is 0.150. The summed E-state index contributed by atoms with van der Waals surface area (Å²) in [6.07, 6.45) is 1.52. The van der Waals surface area contributed by atoms with Crippen molar-refractivity contribution >= 4 is 35.0 Å². The number of nitro groups is 1. The summed E-state index contributed by atoms with van der Waals surface area (Å²) in [7, 11) is 0. The zero-order chi connectivity index (χ0) is 22.4. The van der Waals surface area contributed by atoms with E-state index in [1.807, 2.05) is 6.07 Å². The van der Waals surface area contributed by atoms with Crippen LogP contribution >= 0.6 is 0 Å². The lowest BCUT2D eigenvalue weighted by Gasteiger charge is -2.11. The molecule has 0 fully saturated rings. The molecule has 0 atom stereocenters. The van der Waals surface area contributed by atoms with Crippen LogP contribution < -0.4 is 5.32 Å². The van der Waals surface area contributed by atoms with E-state index in [0.29, 0.717) is 17.0 Å². The molecule has 0 unspecified atom stereocenters. The number of hydrogen-bond acceptors (Lipinski definition) is 8. The van der Waals surface area contributed by atoms with Gasteiger partial charge >= 0.3 is 5.97 Å². The van der Waals surface area contributed by atoms with E-state index >= 15 is 0 Å². The molecule has 0 aliphatic rings. The quantitative estimate of drug-likeness (QED) is 0.265. The minimum absolute atomic E-state index is 0.00312. The van der Waals surface area contributed by atoms with Crippen LogP contribution in [0.1, 0.15) is 17.0 Å². The van der Waals surface area contributed by atoms with E-state index in [1.165, 1.54) is 22.9 Å². The third kappa shape index (κ3) is 5.15. The van der Waals surface area contributed by atoms with Gasteiger partial charge in [0.15, 0.2) is 18.1 Å². The van der Waals surface area contributed by atoms with E-state index in [4.69, 9.17) is 4.74 Å². The van der Waals surface area contributed by atoms with Gasteiger partial charge in [0.2, 0.25) is 0 Å². The molecule has 0 spiro atoms. The number of amides is 1. The van der Waals surface area contributed by atoms with Crippen LogP contribution in [-0.2, 0) is 14.3 Å². The first-order valence-electron chi connectivity index (χ1n) is 9.10. The van der Waals surface area contributed by atoms with Crippen LogP contribution in [0.3, 0.4) is 0 Å². The Morgan fingerprint density at radius 3 is 2.55 bits per heavy atom. The largest absolute Gasteiger partial charge is 0.451 e. The molecule has 11 heteroatoms. The highest BCUT2D eigenvalue weighted by atomic mass is 16.6. The Labute approximate surface area is 176 Å². The van der Waals surface area contributed by atoms with Gasteiger partial charge in [0, 0.05) is 6.07 Å². The van der Waals surface area contributed by atoms with Crippen LogP contribution in [0.15, 0.2) is 48.5 Å². The van der Waals surface area contributed by atoms with E-state index < -0.39 is 23.4 Å².